The standard InChI is InChI=1S/C20H20ClF3N6O2S/c1-3-4-7-33(32)28-14(11-8-13(21)18(25-9-11)20(22,23)24)17-15-16(27-29(17)2)19(31)30(10-26-15)12-5-6-12/h8-10,12H,3-7H2,1-2H3/b28-14+. The molecule has 33 heavy (non-hydrogen) atoms. The first kappa shape index (κ1) is 23.6. The fraction of sp³-hybridized carbons (Fsp3) is 0.450. The second-order valence-corrected chi connectivity index (χ2v) is 9.37. The number of aryl methyl sites for hydroxylation is 1. The molecule has 0 amide bonds. The van der Waals surface area contributed by atoms with E-state index in [2.05, 4.69) is 19.5 Å². The highest BCUT2D eigenvalue weighted by Gasteiger charge is 2.36. The molecule has 0 bridgehead atoms. The largest absolute Gasteiger partial charge is 0.434 e. The summed E-state index contributed by atoms with van der Waals surface area (Å²) in [7, 11) is -0.123. The monoisotopic (exact) mass is 500 g/mol. The topological polar surface area (TPSA) is 95.0 Å². The van der Waals surface area contributed by atoms with Gasteiger partial charge in [0.05, 0.1) is 11.3 Å². The molecule has 8 nitrogen and oxygen atoms in total. The zero-order valence-corrected chi connectivity index (χ0v) is 19.3. The van der Waals surface area contributed by atoms with Gasteiger partial charge in [0.1, 0.15) is 27.9 Å². The molecule has 1 fully saturated rings. The average Bonchev–Trinajstić information content (AvgIpc) is 3.52. The number of unbranched alkanes of at least 4 members (excludes halogenated alkanes) is 1. The van der Waals surface area contributed by atoms with Gasteiger partial charge >= 0.3 is 6.18 Å². The maximum absolute atomic E-state index is 13.1. The highest BCUT2D eigenvalue weighted by atomic mass is 35.5. The molecule has 176 valence electrons. The summed E-state index contributed by atoms with van der Waals surface area (Å²) in [5.41, 5.74) is -0.849. The molecule has 0 spiro atoms. The number of rotatable bonds is 7. The van der Waals surface area contributed by atoms with Crippen molar-refractivity contribution in [2.75, 3.05) is 5.75 Å². The average molecular weight is 501 g/mol. The van der Waals surface area contributed by atoms with Crippen molar-refractivity contribution in [2.45, 2.75) is 44.8 Å². The lowest BCUT2D eigenvalue weighted by Gasteiger charge is -2.11. The van der Waals surface area contributed by atoms with Crippen LogP contribution < -0.4 is 5.56 Å². The Morgan fingerprint density at radius 3 is 2.64 bits per heavy atom. The van der Waals surface area contributed by atoms with Crippen LogP contribution in [0.2, 0.25) is 5.02 Å². The van der Waals surface area contributed by atoms with Gasteiger partial charge in [-0.15, -0.1) is 0 Å². The van der Waals surface area contributed by atoms with Crippen LogP contribution in [0.25, 0.3) is 11.0 Å². The lowest BCUT2D eigenvalue weighted by atomic mass is 10.1. The van der Waals surface area contributed by atoms with Crippen molar-refractivity contribution in [1.29, 1.82) is 0 Å². The lowest BCUT2D eigenvalue weighted by molar-refractivity contribution is -0.141. The van der Waals surface area contributed by atoms with Crippen molar-refractivity contribution in [3.05, 3.63) is 50.9 Å². The summed E-state index contributed by atoms with van der Waals surface area (Å²) >= 11 is 5.88. The van der Waals surface area contributed by atoms with Gasteiger partial charge < -0.3 is 0 Å². The molecule has 3 aromatic heterocycles. The molecule has 0 N–H and O–H groups in total. The predicted molar refractivity (Wildman–Crippen MR) is 119 cm³/mol. The summed E-state index contributed by atoms with van der Waals surface area (Å²) in [5.74, 6) is 0.263. The third-order valence-corrected chi connectivity index (χ3v) is 6.50. The van der Waals surface area contributed by atoms with Crippen LogP contribution in [0.5, 0.6) is 0 Å². The lowest BCUT2D eigenvalue weighted by Crippen LogP contribution is -2.19. The molecule has 1 saturated carbocycles. The smallest absolute Gasteiger partial charge is 0.294 e. The number of nitrogens with zero attached hydrogens (tertiary/aromatic N) is 6. The zero-order chi connectivity index (χ0) is 23.9. The first-order chi connectivity index (χ1) is 15.6. The molecular formula is C20H20ClF3N6O2S. The number of fused-ring (bicyclic) bond motifs is 1. The Morgan fingerprint density at radius 1 is 1.30 bits per heavy atom. The molecule has 3 aromatic rings. The van der Waals surface area contributed by atoms with Crippen molar-refractivity contribution < 1.29 is 17.4 Å². The Labute approximate surface area is 194 Å². The van der Waals surface area contributed by atoms with Gasteiger partial charge in [0.25, 0.3) is 5.56 Å². The van der Waals surface area contributed by atoms with E-state index >= 15 is 0 Å². The van der Waals surface area contributed by atoms with Gasteiger partial charge in [-0.3, -0.25) is 14.0 Å². The van der Waals surface area contributed by atoms with Crippen molar-refractivity contribution in [3.63, 3.8) is 0 Å². The van der Waals surface area contributed by atoms with Crippen LogP contribution in [0, 0.1) is 0 Å². The first-order valence-corrected chi connectivity index (χ1v) is 11.9. The van der Waals surface area contributed by atoms with Crippen LogP contribution in [0.3, 0.4) is 0 Å². The summed E-state index contributed by atoms with van der Waals surface area (Å²) in [6.07, 6.45) is 0.863. The van der Waals surface area contributed by atoms with E-state index in [0.29, 0.717) is 6.42 Å². The fourth-order valence-electron chi connectivity index (χ4n) is 3.38. The quantitative estimate of drug-likeness (QED) is 0.459. The van der Waals surface area contributed by atoms with E-state index in [4.69, 9.17) is 11.6 Å². The molecule has 13 heteroatoms. The van der Waals surface area contributed by atoms with Gasteiger partial charge in [-0.1, -0.05) is 24.9 Å². The van der Waals surface area contributed by atoms with Gasteiger partial charge in [-0.05, 0) is 25.3 Å². The summed E-state index contributed by atoms with van der Waals surface area (Å²) in [4.78, 5) is 20.8. The Morgan fingerprint density at radius 2 is 2.03 bits per heavy atom. The predicted octanol–water partition coefficient (Wildman–Crippen LogP) is 3.83. The van der Waals surface area contributed by atoms with Crippen LogP contribution in [-0.4, -0.2) is 40.0 Å². The Bertz CT molecular complexity index is 1330. The molecule has 1 aliphatic rings. The van der Waals surface area contributed by atoms with E-state index in [1.54, 1.807) is 7.05 Å². The Balaban J connectivity index is 1.90. The summed E-state index contributed by atoms with van der Waals surface area (Å²) < 4.78 is 59.2. The molecule has 1 aliphatic carbocycles. The molecule has 4 rings (SSSR count). The fourth-order valence-corrected chi connectivity index (χ4v) is 4.67. The normalized spacial score (nSPS) is 15.9. The van der Waals surface area contributed by atoms with Crippen LogP contribution in [0.4, 0.5) is 13.2 Å². The summed E-state index contributed by atoms with van der Waals surface area (Å²) in [6, 6.07) is 1.16. The zero-order valence-electron chi connectivity index (χ0n) is 17.8. The molecule has 0 radical (unpaired) electrons. The van der Waals surface area contributed by atoms with E-state index in [-0.39, 0.29) is 45.4 Å². The molecule has 1 unspecified atom stereocenters. The number of alkyl halides is 3. The van der Waals surface area contributed by atoms with Gasteiger partial charge in [-0.25, -0.2) is 14.2 Å². The number of pyridine rings is 1. The van der Waals surface area contributed by atoms with Crippen LogP contribution >= 0.6 is 11.6 Å². The van der Waals surface area contributed by atoms with E-state index in [1.807, 2.05) is 6.92 Å². The van der Waals surface area contributed by atoms with Gasteiger partial charge in [-0.2, -0.15) is 22.7 Å². The Hall–Kier alpha value is -2.60. The summed E-state index contributed by atoms with van der Waals surface area (Å²) in [6.45, 7) is 1.94. The minimum absolute atomic E-state index is 0.0497. The van der Waals surface area contributed by atoms with Crippen LogP contribution in [0.1, 0.15) is 55.6 Å². The number of halogens is 4. The highest BCUT2D eigenvalue weighted by Crippen LogP contribution is 2.35. The second-order valence-electron chi connectivity index (χ2n) is 7.73. The van der Waals surface area contributed by atoms with Crippen LogP contribution in [0.15, 0.2) is 27.8 Å². The number of hydrogen-bond donors (Lipinski definition) is 0. The number of aromatic nitrogens is 5. The Kier molecular flexibility index (Phi) is 6.41. The van der Waals surface area contributed by atoms with E-state index in [1.165, 1.54) is 15.6 Å². The third-order valence-electron chi connectivity index (χ3n) is 5.18. The van der Waals surface area contributed by atoms with E-state index in [9.17, 15) is 22.2 Å². The summed E-state index contributed by atoms with van der Waals surface area (Å²) in [5, 5.41) is 3.66. The van der Waals surface area contributed by atoms with E-state index in [0.717, 1.165) is 31.5 Å². The SMILES string of the molecule is CCCCS(=O)/N=C(\c1cnc(C(F)(F)F)c(Cl)c1)c1c2ncn(C3CC3)c(=O)c2nn1C. The van der Waals surface area contributed by atoms with Gasteiger partial charge in [0.2, 0.25) is 0 Å². The first-order valence-electron chi connectivity index (χ1n) is 10.3. The second kappa shape index (κ2) is 8.98. The van der Waals surface area contributed by atoms with Gasteiger partial charge in [0.15, 0.2) is 11.2 Å². The minimum atomic E-state index is -4.73. The van der Waals surface area contributed by atoms with Crippen molar-refractivity contribution in [3.8, 4) is 0 Å². The molecule has 0 aliphatic heterocycles. The van der Waals surface area contributed by atoms with Crippen molar-refractivity contribution in [1.82, 2.24) is 24.3 Å². The van der Waals surface area contributed by atoms with E-state index < -0.39 is 27.9 Å². The maximum Gasteiger partial charge on any atom is 0.434 e. The molecule has 0 aromatic carbocycles. The third kappa shape index (κ3) is 4.72. The number of hydrogen-bond acceptors (Lipinski definition) is 5. The molecular weight excluding hydrogens is 481 g/mol. The molecule has 1 atom stereocenters. The molecule has 3 heterocycles. The molecule has 0 saturated heterocycles. The van der Waals surface area contributed by atoms with Gasteiger partial charge in [0, 0.05) is 30.6 Å². The minimum Gasteiger partial charge on any atom is -0.294 e. The van der Waals surface area contributed by atoms with Crippen molar-refractivity contribution >= 4 is 39.3 Å². The maximum atomic E-state index is 13.1. The van der Waals surface area contributed by atoms with Crippen molar-refractivity contribution in [2.24, 2.45) is 11.4 Å². The highest BCUT2D eigenvalue weighted by molar-refractivity contribution is 7.83. The van der Waals surface area contributed by atoms with Crippen LogP contribution in [-0.2, 0) is 24.2 Å².